The molecule has 0 spiro atoms. The number of ketones is 1. The summed E-state index contributed by atoms with van der Waals surface area (Å²) in [6.07, 6.45) is 3.97. The Bertz CT molecular complexity index is 993. The fourth-order valence-electron chi connectivity index (χ4n) is 11.7. The first-order valence-electron chi connectivity index (χ1n) is 17.1. The molecule has 8 heteroatoms. The molecule has 6 aliphatic rings. The number of hydrogen-bond donors (Lipinski definition) is 4. The van der Waals surface area contributed by atoms with Crippen LogP contribution in [0, 0.1) is 52.3 Å². The van der Waals surface area contributed by atoms with Gasteiger partial charge in [-0.05, 0) is 111 Å². The molecule has 0 aromatic heterocycles. The number of fused-ring (bicyclic) bond motifs is 5. The Morgan fingerprint density at radius 2 is 1.69 bits per heavy atom. The molecule has 42 heavy (non-hydrogen) atoms. The summed E-state index contributed by atoms with van der Waals surface area (Å²) in [5, 5.41) is 40.4. The quantitative estimate of drug-likeness (QED) is 0.360. The molecule has 240 valence electrons. The number of nitrogens with zero attached hydrogens (tertiary/aromatic N) is 1. The molecule has 2 aliphatic heterocycles. The summed E-state index contributed by atoms with van der Waals surface area (Å²) < 4.78 is 11.8. The van der Waals surface area contributed by atoms with Crippen molar-refractivity contribution in [3.63, 3.8) is 0 Å². The number of carbonyl (C=O) groups excluding carboxylic acids is 1. The largest absolute Gasteiger partial charge is 0.394 e. The van der Waals surface area contributed by atoms with Crippen molar-refractivity contribution in [3.05, 3.63) is 0 Å². The Morgan fingerprint density at radius 3 is 2.40 bits per heavy atom. The van der Waals surface area contributed by atoms with Gasteiger partial charge in [-0.1, -0.05) is 27.7 Å². The lowest BCUT2D eigenvalue weighted by Gasteiger charge is -2.61. The molecule has 0 aromatic carbocycles. The Kier molecular flexibility index (Phi) is 8.69. The van der Waals surface area contributed by atoms with E-state index in [0.29, 0.717) is 53.8 Å². The second-order valence-corrected chi connectivity index (χ2v) is 16.1. The van der Waals surface area contributed by atoms with E-state index in [0.717, 1.165) is 24.7 Å². The van der Waals surface area contributed by atoms with Gasteiger partial charge in [-0.25, -0.2) is 0 Å². The Labute approximate surface area is 252 Å². The van der Waals surface area contributed by atoms with Gasteiger partial charge in [-0.3, -0.25) is 4.79 Å². The highest BCUT2D eigenvalue weighted by Gasteiger charge is 2.63. The van der Waals surface area contributed by atoms with Crippen LogP contribution in [0.15, 0.2) is 0 Å². The third-order valence-corrected chi connectivity index (χ3v) is 14.0. The second-order valence-electron chi connectivity index (χ2n) is 16.1. The van der Waals surface area contributed by atoms with Crippen molar-refractivity contribution >= 4 is 5.78 Å². The monoisotopic (exact) mass is 591 g/mol. The number of carbonyl (C=O) groups is 1. The lowest BCUT2D eigenvalue weighted by molar-refractivity contribution is -0.315. The van der Waals surface area contributed by atoms with Gasteiger partial charge in [0.2, 0.25) is 0 Å². The SMILES string of the molecule is C[C@H]1CC[C@H]([C@@H](C)[C@H]2CC[C@H]3[C@@H]4CC(=O)[C@H]5C[C@@H](O[C@@H]6O[C@H](CO)[C@@H](O)[C@H](O)[C@H]6O)CC[C@]5(C)[C@H]4CC[C@]23C)N(C)C1. The minimum atomic E-state index is -1.46. The predicted octanol–water partition coefficient (Wildman–Crippen LogP) is 3.38. The van der Waals surface area contributed by atoms with Crippen molar-refractivity contribution < 1.29 is 34.7 Å². The van der Waals surface area contributed by atoms with Gasteiger partial charge in [0.05, 0.1) is 12.7 Å². The first kappa shape index (κ1) is 31.4. The van der Waals surface area contributed by atoms with E-state index < -0.39 is 37.3 Å². The van der Waals surface area contributed by atoms with Crippen LogP contribution in [-0.2, 0) is 14.3 Å². The van der Waals surface area contributed by atoms with Crippen LogP contribution in [0.2, 0.25) is 0 Å². The Balaban J connectivity index is 1.14. The number of rotatable bonds is 5. The molecule has 8 nitrogen and oxygen atoms in total. The summed E-state index contributed by atoms with van der Waals surface area (Å²) in [7, 11) is 2.33. The van der Waals surface area contributed by atoms with Crippen LogP contribution in [-0.4, -0.2) is 94.2 Å². The van der Waals surface area contributed by atoms with Gasteiger partial charge in [-0.2, -0.15) is 0 Å². The van der Waals surface area contributed by atoms with Crippen LogP contribution in [0.1, 0.15) is 91.9 Å². The van der Waals surface area contributed by atoms with Crippen molar-refractivity contribution in [2.45, 2.75) is 135 Å². The number of hydrogen-bond acceptors (Lipinski definition) is 8. The zero-order valence-corrected chi connectivity index (χ0v) is 26.5. The molecule has 0 bridgehead atoms. The number of piperidine rings is 1. The van der Waals surface area contributed by atoms with Crippen molar-refractivity contribution in [2.24, 2.45) is 52.3 Å². The average Bonchev–Trinajstić information content (AvgIpc) is 3.31. The predicted molar refractivity (Wildman–Crippen MR) is 158 cm³/mol. The third kappa shape index (κ3) is 5.03. The summed E-state index contributed by atoms with van der Waals surface area (Å²) in [4.78, 5) is 16.6. The van der Waals surface area contributed by atoms with Gasteiger partial charge in [0.25, 0.3) is 0 Å². The van der Waals surface area contributed by atoms with Crippen LogP contribution >= 0.6 is 0 Å². The molecule has 4 N–H and O–H groups in total. The van der Waals surface area contributed by atoms with Crippen molar-refractivity contribution in [1.29, 1.82) is 0 Å². The zero-order valence-electron chi connectivity index (χ0n) is 26.5. The molecule has 4 aliphatic carbocycles. The van der Waals surface area contributed by atoms with E-state index in [4.69, 9.17) is 9.47 Å². The molecule has 2 saturated heterocycles. The highest BCUT2D eigenvalue weighted by atomic mass is 16.7. The molecule has 0 radical (unpaired) electrons. The van der Waals surface area contributed by atoms with Gasteiger partial charge in [0, 0.05) is 24.9 Å². The van der Waals surface area contributed by atoms with E-state index >= 15 is 0 Å². The van der Waals surface area contributed by atoms with Gasteiger partial charge in [0.15, 0.2) is 6.29 Å². The summed E-state index contributed by atoms with van der Waals surface area (Å²) >= 11 is 0. The van der Waals surface area contributed by atoms with E-state index in [9.17, 15) is 25.2 Å². The summed E-state index contributed by atoms with van der Waals surface area (Å²) in [5.41, 5.74) is 0.275. The summed E-state index contributed by atoms with van der Waals surface area (Å²) in [6, 6.07) is 0.674. The molecule has 16 atom stereocenters. The number of ether oxygens (including phenoxy) is 2. The maximum atomic E-state index is 14.0. The van der Waals surface area contributed by atoms with E-state index in [1.54, 1.807) is 0 Å². The van der Waals surface area contributed by atoms with Gasteiger partial charge in [-0.15, -0.1) is 0 Å². The molecule has 4 saturated carbocycles. The van der Waals surface area contributed by atoms with Crippen molar-refractivity contribution in [1.82, 2.24) is 4.90 Å². The van der Waals surface area contributed by atoms with E-state index in [2.05, 4.69) is 39.6 Å². The highest BCUT2D eigenvalue weighted by molar-refractivity contribution is 5.83. The average molecular weight is 592 g/mol. The smallest absolute Gasteiger partial charge is 0.186 e. The van der Waals surface area contributed by atoms with Crippen LogP contribution in [0.4, 0.5) is 0 Å². The molecule has 2 heterocycles. The van der Waals surface area contributed by atoms with Crippen LogP contribution in [0.5, 0.6) is 0 Å². The van der Waals surface area contributed by atoms with Crippen LogP contribution in [0.3, 0.4) is 0 Å². The molecule has 0 amide bonds. The second kappa shape index (κ2) is 11.6. The fourth-order valence-corrected chi connectivity index (χ4v) is 11.7. The summed E-state index contributed by atoms with van der Waals surface area (Å²) in [5.74, 6) is 4.17. The van der Waals surface area contributed by atoms with Crippen LogP contribution in [0.25, 0.3) is 0 Å². The van der Waals surface area contributed by atoms with Crippen molar-refractivity contribution in [2.75, 3.05) is 20.2 Å². The first-order chi connectivity index (χ1) is 19.9. The zero-order chi connectivity index (χ0) is 30.1. The maximum absolute atomic E-state index is 14.0. The lowest BCUT2D eigenvalue weighted by Crippen LogP contribution is -2.61. The topological polar surface area (TPSA) is 120 Å². The molecule has 0 aromatic rings. The molecular formula is C34H57NO7. The third-order valence-electron chi connectivity index (χ3n) is 14.0. The minimum Gasteiger partial charge on any atom is -0.394 e. The number of likely N-dealkylation sites (tertiary alicyclic amines) is 1. The Morgan fingerprint density at radius 1 is 0.976 bits per heavy atom. The first-order valence-corrected chi connectivity index (χ1v) is 17.1. The van der Waals surface area contributed by atoms with Crippen LogP contribution < -0.4 is 0 Å². The number of Topliss-reactive ketones (excluding diaryl/α,β-unsaturated/α-hetero) is 1. The fraction of sp³-hybridized carbons (Fsp3) is 0.971. The molecule has 0 unspecified atom stereocenters. The van der Waals surface area contributed by atoms with Crippen molar-refractivity contribution in [3.8, 4) is 0 Å². The molecule has 6 fully saturated rings. The normalized spacial score (nSPS) is 54.1. The van der Waals surface area contributed by atoms with Gasteiger partial charge in [0.1, 0.15) is 30.2 Å². The summed E-state index contributed by atoms with van der Waals surface area (Å²) in [6.45, 7) is 10.6. The Hall–Kier alpha value is -0.610. The minimum absolute atomic E-state index is 0.0417. The van der Waals surface area contributed by atoms with E-state index in [-0.39, 0.29) is 17.4 Å². The highest BCUT2D eigenvalue weighted by Crippen LogP contribution is 2.68. The van der Waals surface area contributed by atoms with Gasteiger partial charge < -0.3 is 34.8 Å². The van der Waals surface area contributed by atoms with E-state index in [1.165, 1.54) is 45.1 Å². The molecule has 6 rings (SSSR count). The van der Waals surface area contributed by atoms with E-state index in [1.807, 2.05) is 0 Å². The standard InChI is InChI=1S/C34H57NO7/c1-18-6-9-26(35(5)16-18)19(2)22-7-8-23-21-15-27(37)25-14-20(10-12-34(25,4)24(21)11-13-33(22,23)3)41-32-31(40)30(39)29(38)28(17-36)42-32/h18-26,28-32,36,38-40H,6-17H2,1-5H3/t18-,19-,20-,21-,22+,23-,24-,25+,26+,28+,29+,30-,31+,32+,33+,34+/m0/s1. The van der Waals surface area contributed by atoms with Gasteiger partial charge >= 0.3 is 0 Å². The number of aliphatic hydroxyl groups excluding tert-OH is 4. The lowest BCUT2D eigenvalue weighted by atomic mass is 9.44. The number of aliphatic hydroxyl groups is 4. The molecular weight excluding hydrogens is 534 g/mol. The maximum Gasteiger partial charge on any atom is 0.186 e.